The highest BCUT2D eigenvalue weighted by molar-refractivity contribution is 5.75. The number of hydrogen-bond donors (Lipinski definition) is 4. The molecule has 3 atom stereocenters. The Bertz CT molecular complexity index is 489. The predicted octanol–water partition coefficient (Wildman–Crippen LogP) is 1.43. The summed E-state index contributed by atoms with van der Waals surface area (Å²) in [5, 5.41) is 28.7. The highest BCUT2D eigenvalue weighted by Crippen LogP contribution is 2.42. The van der Waals surface area contributed by atoms with Crippen molar-refractivity contribution in [3.63, 3.8) is 0 Å². The molecule has 1 aromatic carbocycles. The lowest BCUT2D eigenvalue weighted by Crippen LogP contribution is -2.34. The molecule has 112 valence electrons. The van der Waals surface area contributed by atoms with Crippen molar-refractivity contribution in [2.45, 2.75) is 32.2 Å². The molecule has 0 spiro atoms. The first-order chi connectivity index (χ1) is 9.29. The van der Waals surface area contributed by atoms with E-state index in [-0.39, 0.29) is 23.3 Å². The van der Waals surface area contributed by atoms with Gasteiger partial charge in [-0.2, -0.15) is 0 Å². The van der Waals surface area contributed by atoms with Crippen LogP contribution in [0.3, 0.4) is 0 Å². The van der Waals surface area contributed by atoms with Crippen molar-refractivity contribution in [3.8, 4) is 17.2 Å². The average molecular weight is 283 g/mol. The fraction of sp³-hybridized carbons (Fsp3) is 0.500. The lowest BCUT2D eigenvalue weighted by atomic mass is 9.84. The first kappa shape index (κ1) is 16.1. The van der Waals surface area contributed by atoms with Crippen LogP contribution in [-0.2, 0) is 9.53 Å². The molecule has 0 saturated heterocycles. The van der Waals surface area contributed by atoms with E-state index in [9.17, 15) is 20.1 Å². The highest BCUT2D eigenvalue weighted by atomic mass is 16.5. The maximum Gasteiger partial charge on any atom is 0.322 e. The van der Waals surface area contributed by atoms with Crippen molar-refractivity contribution in [1.29, 1.82) is 0 Å². The largest absolute Gasteiger partial charge is 0.504 e. The zero-order valence-electron chi connectivity index (χ0n) is 11.8. The van der Waals surface area contributed by atoms with Gasteiger partial charge in [-0.15, -0.1) is 0 Å². The maximum absolute atomic E-state index is 11.3. The normalized spacial score (nSPS) is 15.4. The van der Waals surface area contributed by atoms with Crippen LogP contribution in [-0.4, -0.2) is 34.4 Å². The molecule has 0 aliphatic heterocycles. The lowest BCUT2D eigenvalue weighted by Gasteiger charge is -2.23. The number of carbonyl (C=O) groups excluding carboxylic acids is 1. The Labute approximate surface area is 117 Å². The van der Waals surface area contributed by atoms with E-state index in [0.29, 0.717) is 12.0 Å². The monoisotopic (exact) mass is 283 g/mol. The summed E-state index contributed by atoms with van der Waals surface area (Å²) >= 11 is 0. The number of benzene rings is 1. The van der Waals surface area contributed by atoms with E-state index in [1.165, 1.54) is 19.2 Å². The summed E-state index contributed by atoms with van der Waals surface area (Å²) in [4.78, 5) is 11.3. The summed E-state index contributed by atoms with van der Waals surface area (Å²) in [5.41, 5.74) is 6.20. The summed E-state index contributed by atoms with van der Waals surface area (Å²) in [6.07, 6.45) is 0.384. The molecule has 0 aliphatic carbocycles. The average Bonchev–Trinajstić information content (AvgIpc) is 2.43. The number of phenolic OH excluding ortho intramolecular Hbond substituents is 3. The number of aromatic hydroxyl groups is 3. The van der Waals surface area contributed by atoms with Crippen molar-refractivity contribution in [2.24, 2.45) is 11.7 Å². The van der Waals surface area contributed by atoms with Crippen molar-refractivity contribution >= 4 is 5.97 Å². The number of nitrogens with two attached hydrogens (primary N) is 1. The number of carbonyl (C=O) groups is 1. The Morgan fingerprint density at radius 1 is 1.25 bits per heavy atom. The second-order valence-corrected chi connectivity index (χ2v) is 5.00. The zero-order chi connectivity index (χ0) is 15.4. The van der Waals surface area contributed by atoms with E-state index >= 15 is 0 Å². The van der Waals surface area contributed by atoms with E-state index in [2.05, 4.69) is 4.74 Å². The summed E-state index contributed by atoms with van der Waals surface area (Å²) in [6, 6.07) is 2.12. The first-order valence-electron chi connectivity index (χ1n) is 6.36. The van der Waals surface area contributed by atoms with Gasteiger partial charge in [0.1, 0.15) is 6.04 Å². The van der Waals surface area contributed by atoms with Crippen LogP contribution >= 0.6 is 0 Å². The van der Waals surface area contributed by atoms with Gasteiger partial charge in [0.25, 0.3) is 0 Å². The van der Waals surface area contributed by atoms with Gasteiger partial charge in [-0.05, 0) is 24.3 Å². The minimum Gasteiger partial charge on any atom is -0.504 e. The minimum atomic E-state index is -0.731. The Morgan fingerprint density at radius 2 is 1.85 bits per heavy atom. The van der Waals surface area contributed by atoms with Crippen molar-refractivity contribution in [2.75, 3.05) is 7.11 Å². The van der Waals surface area contributed by atoms with Gasteiger partial charge in [0, 0.05) is 5.56 Å². The maximum atomic E-state index is 11.3. The number of ether oxygens (including phenoxy) is 1. The highest BCUT2D eigenvalue weighted by Gasteiger charge is 2.25. The van der Waals surface area contributed by atoms with Crippen LogP contribution in [0.15, 0.2) is 12.1 Å². The Balaban J connectivity index is 2.87. The van der Waals surface area contributed by atoms with Gasteiger partial charge in [0.2, 0.25) is 5.75 Å². The SMILES string of the molecule is COC(=O)C(N)CC(C)C(C)c1ccc(O)c(O)c1O. The summed E-state index contributed by atoms with van der Waals surface area (Å²) in [6.45, 7) is 3.73. The van der Waals surface area contributed by atoms with Crippen LogP contribution in [0.25, 0.3) is 0 Å². The fourth-order valence-electron chi connectivity index (χ4n) is 2.11. The fourth-order valence-corrected chi connectivity index (χ4v) is 2.11. The van der Waals surface area contributed by atoms with Crippen molar-refractivity contribution < 1.29 is 24.9 Å². The predicted molar refractivity (Wildman–Crippen MR) is 73.6 cm³/mol. The molecule has 0 saturated carbocycles. The molecule has 1 rings (SSSR count). The molecule has 0 amide bonds. The molecule has 5 N–H and O–H groups in total. The third-order valence-electron chi connectivity index (χ3n) is 3.63. The first-order valence-corrected chi connectivity index (χ1v) is 6.36. The van der Waals surface area contributed by atoms with Crippen molar-refractivity contribution in [1.82, 2.24) is 0 Å². The van der Waals surface area contributed by atoms with E-state index in [1.54, 1.807) is 0 Å². The topological polar surface area (TPSA) is 113 Å². The van der Waals surface area contributed by atoms with Gasteiger partial charge in [0.05, 0.1) is 7.11 Å². The van der Waals surface area contributed by atoms with Crippen molar-refractivity contribution in [3.05, 3.63) is 17.7 Å². The molecule has 0 heterocycles. The Hall–Kier alpha value is -1.95. The molecular formula is C14H21NO5. The molecular weight excluding hydrogens is 262 g/mol. The molecule has 3 unspecified atom stereocenters. The number of rotatable bonds is 5. The minimum absolute atomic E-state index is 0.0288. The van der Waals surface area contributed by atoms with E-state index in [0.717, 1.165) is 0 Å². The van der Waals surface area contributed by atoms with Gasteiger partial charge < -0.3 is 25.8 Å². The molecule has 0 bridgehead atoms. The molecule has 20 heavy (non-hydrogen) atoms. The number of esters is 1. The van der Waals surface area contributed by atoms with Crippen LogP contribution < -0.4 is 5.73 Å². The molecule has 0 fully saturated rings. The lowest BCUT2D eigenvalue weighted by molar-refractivity contribution is -0.142. The molecule has 0 aromatic heterocycles. The molecule has 6 heteroatoms. The standard InChI is InChI=1S/C14H21NO5/c1-7(6-10(15)14(19)20-3)8(2)9-4-5-11(16)13(18)12(9)17/h4-5,7-8,10,16-18H,6,15H2,1-3H3. The summed E-state index contributed by atoms with van der Waals surface area (Å²) in [5.74, 6) is -1.94. The van der Waals surface area contributed by atoms with Gasteiger partial charge in [-0.3, -0.25) is 4.79 Å². The second-order valence-electron chi connectivity index (χ2n) is 5.00. The zero-order valence-corrected chi connectivity index (χ0v) is 11.8. The van der Waals surface area contributed by atoms with E-state index in [1.807, 2.05) is 13.8 Å². The smallest absolute Gasteiger partial charge is 0.322 e. The third kappa shape index (κ3) is 3.33. The van der Waals surface area contributed by atoms with E-state index < -0.39 is 17.8 Å². The van der Waals surface area contributed by atoms with Crippen LogP contribution in [0.5, 0.6) is 17.2 Å². The number of methoxy groups -OCH3 is 1. The van der Waals surface area contributed by atoms with Gasteiger partial charge in [-0.1, -0.05) is 19.9 Å². The quantitative estimate of drug-likeness (QED) is 0.480. The van der Waals surface area contributed by atoms with E-state index in [4.69, 9.17) is 5.73 Å². The van der Waals surface area contributed by atoms with Crippen LogP contribution in [0.1, 0.15) is 31.7 Å². The Morgan fingerprint density at radius 3 is 2.40 bits per heavy atom. The van der Waals surface area contributed by atoms with Gasteiger partial charge in [0.15, 0.2) is 11.5 Å². The Kier molecular flexibility index (Phi) is 5.21. The molecule has 1 aromatic rings. The second kappa shape index (κ2) is 6.47. The summed E-state index contributed by atoms with van der Waals surface area (Å²) in [7, 11) is 1.28. The molecule has 6 nitrogen and oxygen atoms in total. The van der Waals surface area contributed by atoms with Crippen LogP contribution in [0.2, 0.25) is 0 Å². The third-order valence-corrected chi connectivity index (χ3v) is 3.63. The number of phenols is 3. The number of hydrogen-bond acceptors (Lipinski definition) is 6. The summed E-state index contributed by atoms with van der Waals surface area (Å²) < 4.78 is 4.57. The van der Waals surface area contributed by atoms with Gasteiger partial charge >= 0.3 is 5.97 Å². The van der Waals surface area contributed by atoms with Crippen LogP contribution in [0, 0.1) is 5.92 Å². The molecule has 0 aliphatic rings. The van der Waals surface area contributed by atoms with Crippen LogP contribution in [0.4, 0.5) is 0 Å². The van der Waals surface area contributed by atoms with Gasteiger partial charge in [-0.25, -0.2) is 0 Å². The molecule has 0 radical (unpaired) electrons.